The first-order chi connectivity index (χ1) is 8.15. The lowest BCUT2D eigenvalue weighted by molar-refractivity contribution is 0.431. The maximum absolute atomic E-state index is 13.0. The van der Waals surface area contributed by atoms with Gasteiger partial charge in [-0.05, 0) is 24.6 Å². The molecular weight excluding hydrogens is 239 g/mol. The summed E-state index contributed by atoms with van der Waals surface area (Å²) in [7, 11) is 0. The zero-order valence-electron chi connectivity index (χ0n) is 9.40. The SMILES string of the molecule is Cc1cnc(CNCc2ccc(O)c(F)c2)s1. The summed E-state index contributed by atoms with van der Waals surface area (Å²) in [5, 5.41) is 13.2. The van der Waals surface area contributed by atoms with E-state index in [2.05, 4.69) is 10.3 Å². The molecule has 0 saturated heterocycles. The van der Waals surface area contributed by atoms with Gasteiger partial charge in [0.25, 0.3) is 0 Å². The summed E-state index contributed by atoms with van der Waals surface area (Å²) in [5.41, 5.74) is 0.800. The molecule has 0 radical (unpaired) electrons. The van der Waals surface area contributed by atoms with E-state index in [-0.39, 0.29) is 5.75 Å². The predicted octanol–water partition coefficient (Wildman–Crippen LogP) is 2.59. The quantitative estimate of drug-likeness (QED) is 0.879. The van der Waals surface area contributed by atoms with Gasteiger partial charge in [-0.15, -0.1) is 11.3 Å². The average molecular weight is 252 g/mol. The van der Waals surface area contributed by atoms with Crippen molar-refractivity contribution in [3.05, 3.63) is 45.7 Å². The van der Waals surface area contributed by atoms with E-state index in [0.717, 1.165) is 10.6 Å². The van der Waals surface area contributed by atoms with Crippen molar-refractivity contribution in [3.63, 3.8) is 0 Å². The van der Waals surface area contributed by atoms with Crippen molar-refractivity contribution < 1.29 is 9.50 Å². The number of halogens is 1. The monoisotopic (exact) mass is 252 g/mol. The molecule has 0 fully saturated rings. The minimum atomic E-state index is -0.589. The number of hydrogen-bond acceptors (Lipinski definition) is 4. The number of aromatic hydroxyl groups is 1. The maximum atomic E-state index is 13.0. The van der Waals surface area contributed by atoms with E-state index in [1.165, 1.54) is 17.0 Å². The second-order valence-electron chi connectivity index (χ2n) is 3.75. The summed E-state index contributed by atoms with van der Waals surface area (Å²) in [6.07, 6.45) is 1.84. The highest BCUT2D eigenvalue weighted by Gasteiger charge is 2.02. The van der Waals surface area contributed by atoms with Crippen LogP contribution in [0, 0.1) is 12.7 Å². The van der Waals surface area contributed by atoms with E-state index in [1.54, 1.807) is 17.4 Å². The van der Waals surface area contributed by atoms with Gasteiger partial charge >= 0.3 is 0 Å². The molecule has 90 valence electrons. The Morgan fingerprint density at radius 3 is 2.88 bits per heavy atom. The molecule has 1 aromatic heterocycles. The minimum absolute atomic E-state index is 0.315. The number of nitrogens with one attached hydrogen (secondary N) is 1. The number of phenolic OH excluding ortho intramolecular Hbond substituents is 1. The Bertz CT molecular complexity index is 513. The molecule has 0 atom stereocenters. The van der Waals surface area contributed by atoms with E-state index in [4.69, 9.17) is 5.11 Å². The first-order valence-electron chi connectivity index (χ1n) is 5.24. The van der Waals surface area contributed by atoms with E-state index in [0.29, 0.717) is 13.1 Å². The lowest BCUT2D eigenvalue weighted by Gasteiger charge is -2.03. The van der Waals surface area contributed by atoms with Crippen LogP contribution in [-0.4, -0.2) is 10.1 Å². The molecule has 1 heterocycles. The van der Waals surface area contributed by atoms with Crippen molar-refractivity contribution in [1.29, 1.82) is 0 Å². The molecule has 0 saturated carbocycles. The lowest BCUT2D eigenvalue weighted by atomic mass is 10.2. The largest absolute Gasteiger partial charge is 0.505 e. The molecule has 0 aliphatic heterocycles. The molecule has 0 aliphatic rings. The normalized spacial score (nSPS) is 10.7. The molecule has 5 heteroatoms. The molecule has 0 amide bonds. The molecule has 1 aromatic carbocycles. The van der Waals surface area contributed by atoms with E-state index in [9.17, 15) is 4.39 Å². The van der Waals surface area contributed by atoms with E-state index in [1.807, 2.05) is 13.1 Å². The number of thiazole rings is 1. The smallest absolute Gasteiger partial charge is 0.165 e. The van der Waals surface area contributed by atoms with Crippen molar-refractivity contribution in [2.75, 3.05) is 0 Å². The van der Waals surface area contributed by atoms with Crippen LogP contribution in [0.25, 0.3) is 0 Å². The average Bonchev–Trinajstić information content (AvgIpc) is 2.70. The van der Waals surface area contributed by atoms with Crippen LogP contribution in [0.15, 0.2) is 24.4 Å². The highest BCUT2D eigenvalue weighted by Crippen LogP contribution is 2.16. The molecule has 0 spiro atoms. The highest BCUT2D eigenvalue weighted by molar-refractivity contribution is 7.11. The van der Waals surface area contributed by atoms with Crippen molar-refractivity contribution in [3.8, 4) is 5.75 Å². The number of rotatable bonds is 4. The van der Waals surface area contributed by atoms with Crippen molar-refractivity contribution >= 4 is 11.3 Å². The first kappa shape index (κ1) is 12.0. The summed E-state index contributed by atoms with van der Waals surface area (Å²) in [6.45, 7) is 3.23. The topological polar surface area (TPSA) is 45.2 Å². The number of aryl methyl sites for hydroxylation is 1. The van der Waals surface area contributed by atoms with E-state index < -0.39 is 5.82 Å². The Kier molecular flexibility index (Phi) is 3.71. The molecule has 2 aromatic rings. The summed E-state index contributed by atoms with van der Waals surface area (Å²) < 4.78 is 13.0. The zero-order valence-corrected chi connectivity index (χ0v) is 10.2. The zero-order chi connectivity index (χ0) is 12.3. The van der Waals surface area contributed by atoms with Crippen LogP contribution < -0.4 is 5.32 Å². The van der Waals surface area contributed by atoms with Gasteiger partial charge in [-0.1, -0.05) is 6.07 Å². The van der Waals surface area contributed by atoms with Crippen LogP contribution in [0.3, 0.4) is 0 Å². The van der Waals surface area contributed by atoms with Gasteiger partial charge in [0.05, 0.1) is 0 Å². The van der Waals surface area contributed by atoms with Crippen LogP contribution in [0.5, 0.6) is 5.75 Å². The molecule has 2 rings (SSSR count). The van der Waals surface area contributed by atoms with Crippen LogP contribution in [0.1, 0.15) is 15.4 Å². The number of aromatic nitrogens is 1. The number of benzene rings is 1. The summed E-state index contributed by atoms with van der Waals surface area (Å²) in [4.78, 5) is 5.40. The molecule has 0 aliphatic carbocycles. The van der Waals surface area contributed by atoms with Gasteiger partial charge in [-0.2, -0.15) is 0 Å². The Hall–Kier alpha value is -1.46. The van der Waals surface area contributed by atoms with Crippen LogP contribution >= 0.6 is 11.3 Å². The summed E-state index contributed by atoms with van der Waals surface area (Å²) in [6, 6.07) is 4.38. The fourth-order valence-corrected chi connectivity index (χ4v) is 2.21. The molecule has 0 unspecified atom stereocenters. The van der Waals surface area contributed by atoms with Gasteiger partial charge < -0.3 is 10.4 Å². The maximum Gasteiger partial charge on any atom is 0.165 e. The molecule has 17 heavy (non-hydrogen) atoms. The third kappa shape index (κ3) is 3.25. The Labute approximate surface area is 103 Å². The Morgan fingerprint density at radius 1 is 1.41 bits per heavy atom. The molecular formula is C12H13FN2OS. The van der Waals surface area contributed by atoms with Crippen LogP contribution in [0.4, 0.5) is 4.39 Å². The van der Waals surface area contributed by atoms with E-state index >= 15 is 0 Å². The summed E-state index contributed by atoms with van der Waals surface area (Å²) in [5.74, 6) is -0.904. The van der Waals surface area contributed by atoms with Crippen molar-refractivity contribution in [1.82, 2.24) is 10.3 Å². The van der Waals surface area contributed by atoms with Crippen molar-refractivity contribution in [2.45, 2.75) is 20.0 Å². The Morgan fingerprint density at radius 2 is 2.24 bits per heavy atom. The van der Waals surface area contributed by atoms with Gasteiger partial charge in [-0.3, -0.25) is 0 Å². The number of nitrogens with zero attached hydrogens (tertiary/aromatic N) is 1. The molecule has 2 N–H and O–H groups in total. The van der Waals surface area contributed by atoms with Gasteiger partial charge in [0, 0.05) is 24.2 Å². The lowest BCUT2D eigenvalue weighted by Crippen LogP contribution is -2.12. The standard InChI is InChI=1S/C12H13FN2OS/c1-8-5-15-12(17-8)7-14-6-9-2-3-11(16)10(13)4-9/h2-5,14,16H,6-7H2,1H3. The van der Waals surface area contributed by atoms with Gasteiger partial charge in [-0.25, -0.2) is 9.37 Å². The predicted molar refractivity (Wildman–Crippen MR) is 65.5 cm³/mol. The summed E-state index contributed by atoms with van der Waals surface area (Å²) >= 11 is 1.64. The third-order valence-corrected chi connectivity index (χ3v) is 3.20. The second kappa shape index (κ2) is 5.25. The first-order valence-corrected chi connectivity index (χ1v) is 6.06. The minimum Gasteiger partial charge on any atom is -0.505 e. The van der Waals surface area contributed by atoms with Crippen LogP contribution in [0.2, 0.25) is 0 Å². The fraction of sp³-hybridized carbons (Fsp3) is 0.250. The highest BCUT2D eigenvalue weighted by atomic mass is 32.1. The third-order valence-electron chi connectivity index (χ3n) is 2.29. The fourth-order valence-electron chi connectivity index (χ4n) is 1.46. The van der Waals surface area contributed by atoms with Gasteiger partial charge in [0.15, 0.2) is 11.6 Å². The number of phenols is 1. The Balaban J connectivity index is 1.87. The van der Waals surface area contributed by atoms with Crippen LogP contribution in [-0.2, 0) is 13.1 Å². The van der Waals surface area contributed by atoms with Gasteiger partial charge in [0.2, 0.25) is 0 Å². The number of hydrogen-bond donors (Lipinski definition) is 2. The second-order valence-corrected chi connectivity index (χ2v) is 5.07. The van der Waals surface area contributed by atoms with Gasteiger partial charge in [0.1, 0.15) is 5.01 Å². The molecule has 3 nitrogen and oxygen atoms in total. The molecule has 0 bridgehead atoms. The van der Waals surface area contributed by atoms with Crippen molar-refractivity contribution in [2.24, 2.45) is 0 Å².